The van der Waals surface area contributed by atoms with Crippen LogP contribution in [0.3, 0.4) is 0 Å². The van der Waals surface area contributed by atoms with Crippen molar-refractivity contribution in [3.05, 3.63) is 27.8 Å². The molecule has 100 valence electrons. The van der Waals surface area contributed by atoms with Gasteiger partial charge in [0.25, 0.3) is 0 Å². The van der Waals surface area contributed by atoms with Gasteiger partial charge in [0, 0.05) is 0 Å². The third-order valence-electron chi connectivity index (χ3n) is 3.82. The molecule has 18 heavy (non-hydrogen) atoms. The smallest absolute Gasteiger partial charge is 0.141 e. The Morgan fingerprint density at radius 2 is 2.17 bits per heavy atom. The molecule has 2 nitrogen and oxygen atoms in total. The van der Waals surface area contributed by atoms with E-state index in [9.17, 15) is 0 Å². The highest BCUT2D eigenvalue weighted by molar-refractivity contribution is 6.33. The molecule has 1 fully saturated rings. The molecule has 1 aromatic carbocycles. The summed E-state index contributed by atoms with van der Waals surface area (Å²) in [6.45, 7) is 6.44. The van der Waals surface area contributed by atoms with Gasteiger partial charge in [-0.2, -0.15) is 0 Å². The van der Waals surface area contributed by atoms with Gasteiger partial charge in [-0.1, -0.05) is 17.7 Å². The summed E-state index contributed by atoms with van der Waals surface area (Å²) in [6.07, 6.45) is 3.62. The molecule has 0 aliphatic carbocycles. The number of rotatable bonds is 3. The fraction of sp³-hybridized carbons (Fsp3) is 0.600. The average molecular weight is 268 g/mol. The van der Waals surface area contributed by atoms with Crippen LogP contribution >= 0.6 is 11.6 Å². The summed E-state index contributed by atoms with van der Waals surface area (Å²) in [6, 6.07) is 2.16. The lowest BCUT2D eigenvalue weighted by atomic mass is 9.89. The van der Waals surface area contributed by atoms with Crippen molar-refractivity contribution in [2.45, 2.75) is 33.1 Å². The quantitative estimate of drug-likeness (QED) is 0.905. The molecule has 1 atom stereocenters. The van der Waals surface area contributed by atoms with Gasteiger partial charge in [0.15, 0.2) is 0 Å². The summed E-state index contributed by atoms with van der Waals surface area (Å²) >= 11 is 6.35. The van der Waals surface area contributed by atoms with Crippen LogP contribution in [-0.4, -0.2) is 20.2 Å². The van der Waals surface area contributed by atoms with Crippen LogP contribution in [0.1, 0.15) is 29.5 Å². The second-order valence-corrected chi connectivity index (χ2v) is 5.63. The monoisotopic (exact) mass is 267 g/mol. The number of hydrogen-bond acceptors (Lipinski definition) is 2. The van der Waals surface area contributed by atoms with Gasteiger partial charge in [0.05, 0.1) is 12.1 Å². The van der Waals surface area contributed by atoms with Crippen LogP contribution < -0.4 is 10.1 Å². The van der Waals surface area contributed by atoms with E-state index in [1.54, 1.807) is 7.11 Å². The Balaban J connectivity index is 2.28. The molecule has 0 aromatic heterocycles. The van der Waals surface area contributed by atoms with Crippen LogP contribution in [0.4, 0.5) is 0 Å². The number of methoxy groups -OCH3 is 1. The van der Waals surface area contributed by atoms with Crippen LogP contribution in [0.15, 0.2) is 6.07 Å². The number of halogens is 1. The fourth-order valence-corrected chi connectivity index (χ4v) is 3.07. The second kappa shape index (κ2) is 5.94. The molecule has 1 heterocycles. The lowest BCUT2D eigenvalue weighted by Crippen LogP contribution is -2.31. The van der Waals surface area contributed by atoms with Crippen molar-refractivity contribution in [2.24, 2.45) is 5.92 Å². The van der Waals surface area contributed by atoms with Crippen molar-refractivity contribution < 1.29 is 4.74 Å². The Bertz CT molecular complexity index is 425. The van der Waals surface area contributed by atoms with Gasteiger partial charge >= 0.3 is 0 Å². The minimum atomic E-state index is 0.699. The molecule has 1 aliphatic heterocycles. The van der Waals surface area contributed by atoms with E-state index < -0.39 is 0 Å². The summed E-state index contributed by atoms with van der Waals surface area (Å²) in [4.78, 5) is 0. The van der Waals surface area contributed by atoms with Gasteiger partial charge in [-0.25, -0.2) is 0 Å². The van der Waals surface area contributed by atoms with E-state index in [1.807, 2.05) is 6.92 Å². The molecule has 0 radical (unpaired) electrons. The Morgan fingerprint density at radius 3 is 2.78 bits per heavy atom. The van der Waals surface area contributed by atoms with Crippen molar-refractivity contribution in [1.29, 1.82) is 0 Å². The van der Waals surface area contributed by atoms with E-state index in [0.29, 0.717) is 5.92 Å². The van der Waals surface area contributed by atoms with Crippen molar-refractivity contribution in [3.8, 4) is 5.75 Å². The maximum atomic E-state index is 6.35. The second-order valence-electron chi connectivity index (χ2n) is 5.25. The van der Waals surface area contributed by atoms with Gasteiger partial charge in [0.2, 0.25) is 0 Å². The van der Waals surface area contributed by atoms with E-state index in [2.05, 4.69) is 18.3 Å². The molecule has 3 heteroatoms. The SMILES string of the molecule is COc1c(Cl)c(C)cc(C)c1CC1CCCNC1. The minimum Gasteiger partial charge on any atom is -0.495 e. The molecule has 1 saturated heterocycles. The first-order chi connectivity index (χ1) is 8.63. The number of hydrogen-bond donors (Lipinski definition) is 1. The summed E-state index contributed by atoms with van der Waals surface area (Å²) in [7, 11) is 1.71. The maximum Gasteiger partial charge on any atom is 0.141 e. The number of benzene rings is 1. The zero-order valence-electron chi connectivity index (χ0n) is 11.5. The summed E-state index contributed by atoms with van der Waals surface area (Å²) in [5, 5.41) is 4.23. The van der Waals surface area contributed by atoms with Crippen molar-refractivity contribution in [2.75, 3.05) is 20.2 Å². The molecular weight excluding hydrogens is 246 g/mol. The molecular formula is C15H22ClNO. The predicted molar refractivity (Wildman–Crippen MR) is 76.8 cm³/mol. The highest BCUT2D eigenvalue weighted by Crippen LogP contribution is 2.36. The molecule has 0 bridgehead atoms. The summed E-state index contributed by atoms with van der Waals surface area (Å²) < 4.78 is 5.53. The third kappa shape index (κ3) is 2.81. The standard InChI is InChI=1S/C15H22ClNO/c1-10-7-11(2)14(16)15(18-3)13(10)8-12-5-4-6-17-9-12/h7,12,17H,4-6,8-9H2,1-3H3. The van der Waals surface area contributed by atoms with Gasteiger partial charge < -0.3 is 10.1 Å². The van der Waals surface area contributed by atoms with E-state index in [1.165, 1.54) is 24.0 Å². The summed E-state index contributed by atoms with van der Waals surface area (Å²) in [5.41, 5.74) is 3.66. The van der Waals surface area contributed by atoms with Crippen LogP contribution in [0.5, 0.6) is 5.75 Å². The lowest BCUT2D eigenvalue weighted by molar-refractivity contribution is 0.363. The molecule has 1 aliphatic rings. The van der Waals surface area contributed by atoms with Crippen molar-refractivity contribution >= 4 is 11.6 Å². The molecule has 0 saturated carbocycles. The maximum absolute atomic E-state index is 6.35. The Morgan fingerprint density at radius 1 is 1.39 bits per heavy atom. The molecule has 0 spiro atoms. The first kappa shape index (κ1) is 13.7. The Labute approximate surface area is 115 Å². The minimum absolute atomic E-state index is 0.699. The average Bonchev–Trinajstić information content (AvgIpc) is 2.37. The zero-order chi connectivity index (χ0) is 13.1. The Hall–Kier alpha value is -0.730. The third-order valence-corrected chi connectivity index (χ3v) is 4.29. The van der Waals surface area contributed by atoms with Crippen LogP contribution in [0.2, 0.25) is 5.02 Å². The van der Waals surface area contributed by atoms with Crippen molar-refractivity contribution in [1.82, 2.24) is 5.32 Å². The largest absolute Gasteiger partial charge is 0.495 e. The number of aryl methyl sites for hydroxylation is 2. The zero-order valence-corrected chi connectivity index (χ0v) is 12.2. The van der Waals surface area contributed by atoms with E-state index in [0.717, 1.165) is 35.8 Å². The highest BCUT2D eigenvalue weighted by atomic mass is 35.5. The number of ether oxygens (including phenoxy) is 1. The van der Waals surface area contributed by atoms with Gasteiger partial charge in [0.1, 0.15) is 5.75 Å². The van der Waals surface area contributed by atoms with Crippen LogP contribution in [0, 0.1) is 19.8 Å². The molecule has 1 unspecified atom stereocenters. The molecule has 1 N–H and O–H groups in total. The fourth-order valence-electron chi connectivity index (χ4n) is 2.82. The summed E-state index contributed by atoms with van der Waals surface area (Å²) in [5.74, 6) is 1.57. The molecule has 2 rings (SSSR count). The topological polar surface area (TPSA) is 21.3 Å². The number of piperidine rings is 1. The van der Waals surface area contributed by atoms with Crippen LogP contribution in [-0.2, 0) is 6.42 Å². The number of nitrogens with one attached hydrogen (secondary N) is 1. The van der Waals surface area contributed by atoms with E-state index >= 15 is 0 Å². The van der Waals surface area contributed by atoms with E-state index in [4.69, 9.17) is 16.3 Å². The lowest BCUT2D eigenvalue weighted by Gasteiger charge is -2.25. The van der Waals surface area contributed by atoms with Gasteiger partial charge in [-0.05, 0) is 68.8 Å². The Kier molecular flexibility index (Phi) is 4.52. The van der Waals surface area contributed by atoms with E-state index in [-0.39, 0.29) is 0 Å². The molecule has 0 amide bonds. The molecule has 1 aromatic rings. The highest BCUT2D eigenvalue weighted by Gasteiger charge is 2.19. The predicted octanol–water partition coefficient (Wildman–Crippen LogP) is 3.51. The van der Waals surface area contributed by atoms with Crippen molar-refractivity contribution in [3.63, 3.8) is 0 Å². The van der Waals surface area contributed by atoms with Gasteiger partial charge in [-0.3, -0.25) is 0 Å². The van der Waals surface area contributed by atoms with Gasteiger partial charge in [-0.15, -0.1) is 0 Å². The first-order valence-electron chi connectivity index (χ1n) is 6.66. The first-order valence-corrected chi connectivity index (χ1v) is 7.04. The van der Waals surface area contributed by atoms with Crippen LogP contribution in [0.25, 0.3) is 0 Å². The normalized spacial score (nSPS) is 19.9.